The van der Waals surface area contributed by atoms with Crippen molar-refractivity contribution in [1.29, 1.82) is 0 Å². The number of hydrogen-bond donors (Lipinski definition) is 0. The maximum Gasteiger partial charge on any atom is 0.270 e. The van der Waals surface area contributed by atoms with E-state index in [-0.39, 0.29) is 22.1 Å². The van der Waals surface area contributed by atoms with Crippen LogP contribution in [-0.2, 0) is 0 Å². The zero-order chi connectivity index (χ0) is 17.3. The molecule has 1 heterocycles. The zero-order valence-electron chi connectivity index (χ0n) is 12.9. The monoisotopic (exact) mass is 327 g/mol. The molecule has 24 heavy (non-hydrogen) atoms. The number of rotatable bonds is 4. The lowest BCUT2D eigenvalue weighted by atomic mass is 10.1. The van der Waals surface area contributed by atoms with Crippen LogP contribution in [0.3, 0.4) is 0 Å². The van der Waals surface area contributed by atoms with Crippen molar-refractivity contribution in [2.75, 3.05) is 14.2 Å². The van der Waals surface area contributed by atoms with Crippen molar-refractivity contribution in [2.24, 2.45) is 0 Å². The molecule has 0 spiro atoms. The van der Waals surface area contributed by atoms with Crippen molar-refractivity contribution in [2.45, 2.75) is 0 Å². The molecule has 122 valence electrons. The summed E-state index contributed by atoms with van der Waals surface area (Å²) in [6, 6.07) is 10.3. The second kappa shape index (κ2) is 6.04. The first-order valence-corrected chi connectivity index (χ1v) is 6.98. The van der Waals surface area contributed by atoms with Crippen molar-refractivity contribution < 1.29 is 18.8 Å². The second-order valence-electron chi connectivity index (χ2n) is 4.98. The van der Waals surface area contributed by atoms with E-state index in [1.54, 1.807) is 18.2 Å². The SMILES string of the molecule is COc1ccc(-c2cc(=O)c3cc([N+](=O)[O-])ccc3o2)cc1OC. The third-order valence-corrected chi connectivity index (χ3v) is 3.59. The Balaban J connectivity index is 2.16. The molecule has 0 amide bonds. The smallest absolute Gasteiger partial charge is 0.270 e. The summed E-state index contributed by atoms with van der Waals surface area (Å²) in [6.45, 7) is 0. The molecule has 3 rings (SSSR count). The number of nitro benzene ring substituents is 1. The summed E-state index contributed by atoms with van der Waals surface area (Å²) in [7, 11) is 3.04. The lowest BCUT2D eigenvalue weighted by molar-refractivity contribution is -0.384. The highest BCUT2D eigenvalue weighted by atomic mass is 16.6. The average molecular weight is 327 g/mol. The van der Waals surface area contributed by atoms with Crippen LogP contribution in [0.25, 0.3) is 22.3 Å². The molecule has 0 aliphatic carbocycles. The Kier molecular flexibility index (Phi) is 3.91. The maximum absolute atomic E-state index is 12.3. The van der Waals surface area contributed by atoms with E-state index < -0.39 is 4.92 Å². The van der Waals surface area contributed by atoms with E-state index in [1.807, 2.05) is 0 Å². The van der Waals surface area contributed by atoms with E-state index in [2.05, 4.69) is 0 Å². The van der Waals surface area contributed by atoms with Gasteiger partial charge in [0.1, 0.15) is 11.3 Å². The van der Waals surface area contributed by atoms with Gasteiger partial charge in [-0.25, -0.2) is 0 Å². The van der Waals surface area contributed by atoms with Gasteiger partial charge >= 0.3 is 0 Å². The number of nitro groups is 1. The minimum atomic E-state index is -0.554. The van der Waals surface area contributed by atoms with E-state index in [9.17, 15) is 14.9 Å². The molecule has 0 saturated carbocycles. The van der Waals surface area contributed by atoms with Gasteiger partial charge in [-0.05, 0) is 24.3 Å². The molecule has 2 aromatic carbocycles. The first kappa shape index (κ1) is 15.5. The lowest BCUT2D eigenvalue weighted by Crippen LogP contribution is -2.01. The molecule has 0 bridgehead atoms. The van der Waals surface area contributed by atoms with Crippen LogP contribution in [0.1, 0.15) is 0 Å². The van der Waals surface area contributed by atoms with E-state index in [0.717, 1.165) is 0 Å². The van der Waals surface area contributed by atoms with E-state index >= 15 is 0 Å². The Bertz CT molecular complexity index is 992. The Labute approximate surface area is 136 Å². The fourth-order valence-electron chi connectivity index (χ4n) is 2.39. The number of fused-ring (bicyclic) bond motifs is 1. The molecule has 3 aromatic rings. The Morgan fingerprint density at radius 2 is 1.75 bits per heavy atom. The predicted octanol–water partition coefficient (Wildman–Crippen LogP) is 3.39. The summed E-state index contributed by atoms with van der Waals surface area (Å²) in [5, 5.41) is 11.0. The van der Waals surface area contributed by atoms with Crippen LogP contribution in [0, 0.1) is 10.1 Å². The highest BCUT2D eigenvalue weighted by Crippen LogP contribution is 2.33. The van der Waals surface area contributed by atoms with Crippen molar-refractivity contribution >= 4 is 16.7 Å². The van der Waals surface area contributed by atoms with Gasteiger partial charge in [0.05, 0.1) is 24.5 Å². The summed E-state index contributed by atoms with van der Waals surface area (Å²) in [6.07, 6.45) is 0. The van der Waals surface area contributed by atoms with Crippen molar-refractivity contribution in [3.8, 4) is 22.8 Å². The minimum Gasteiger partial charge on any atom is -0.493 e. The van der Waals surface area contributed by atoms with Gasteiger partial charge < -0.3 is 13.9 Å². The van der Waals surface area contributed by atoms with Gasteiger partial charge in [-0.15, -0.1) is 0 Å². The standard InChI is InChI=1S/C17H13NO6/c1-22-15-5-3-10(7-17(15)23-2)16-9-13(19)12-8-11(18(20)21)4-6-14(12)24-16/h3-9H,1-2H3. The van der Waals surface area contributed by atoms with Crippen LogP contribution in [0.2, 0.25) is 0 Å². The van der Waals surface area contributed by atoms with Crippen molar-refractivity contribution in [1.82, 2.24) is 0 Å². The van der Waals surface area contributed by atoms with Crippen molar-refractivity contribution in [3.05, 3.63) is 62.8 Å². The van der Waals surface area contributed by atoms with Gasteiger partial charge in [0.15, 0.2) is 16.9 Å². The number of ether oxygens (including phenoxy) is 2. The average Bonchev–Trinajstić information content (AvgIpc) is 2.60. The van der Waals surface area contributed by atoms with Gasteiger partial charge in [0.2, 0.25) is 0 Å². The Morgan fingerprint density at radius 3 is 2.42 bits per heavy atom. The summed E-state index contributed by atoms with van der Waals surface area (Å²) in [5.74, 6) is 1.39. The van der Waals surface area contributed by atoms with Crippen LogP contribution in [0.4, 0.5) is 5.69 Å². The number of methoxy groups -OCH3 is 2. The first-order chi connectivity index (χ1) is 11.5. The van der Waals surface area contributed by atoms with Gasteiger partial charge in [-0.1, -0.05) is 0 Å². The van der Waals surface area contributed by atoms with E-state index in [4.69, 9.17) is 13.9 Å². The highest BCUT2D eigenvalue weighted by molar-refractivity contribution is 5.81. The molecular formula is C17H13NO6. The molecule has 1 aromatic heterocycles. The fraction of sp³-hybridized carbons (Fsp3) is 0.118. The maximum atomic E-state index is 12.3. The number of benzene rings is 2. The number of hydrogen-bond acceptors (Lipinski definition) is 6. The molecular weight excluding hydrogens is 314 g/mol. The topological polar surface area (TPSA) is 91.8 Å². The Morgan fingerprint density at radius 1 is 1.00 bits per heavy atom. The third-order valence-electron chi connectivity index (χ3n) is 3.59. The van der Waals surface area contributed by atoms with Crippen LogP contribution < -0.4 is 14.9 Å². The number of nitrogens with zero attached hydrogens (tertiary/aromatic N) is 1. The zero-order valence-corrected chi connectivity index (χ0v) is 12.9. The van der Waals surface area contributed by atoms with Crippen LogP contribution in [0.5, 0.6) is 11.5 Å². The molecule has 0 radical (unpaired) electrons. The molecule has 7 nitrogen and oxygen atoms in total. The molecule has 0 unspecified atom stereocenters. The van der Waals surface area contributed by atoms with Crippen LogP contribution in [-0.4, -0.2) is 19.1 Å². The van der Waals surface area contributed by atoms with Gasteiger partial charge in [-0.2, -0.15) is 0 Å². The van der Waals surface area contributed by atoms with E-state index in [1.165, 1.54) is 38.5 Å². The third kappa shape index (κ3) is 2.67. The lowest BCUT2D eigenvalue weighted by Gasteiger charge is -2.09. The van der Waals surface area contributed by atoms with Gasteiger partial charge in [0.25, 0.3) is 5.69 Å². The largest absolute Gasteiger partial charge is 0.493 e. The summed E-state index contributed by atoms with van der Waals surface area (Å²) >= 11 is 0. The Hall–Kier alpha value is -3.35. The first-order valence-electron chi connectivity index (χ1n) is 6.98. The van der Waals surface area contributed by atoms with Crippen molar-refractivity contribution in [3.63, 3.8) is 0 Å². The van der Waals surface area contributed by atoms with Crippen LogP contribution in [0.15, 0.2) is 51.7 Å². The molecule has 0 atom stereocenters. The van der Waals surface area contributed by atoms with E-state index in [0.29, 0.717) is 22.8 Å². The minimum absolute atomic E-state index is 0.159. The second-order valence-corrected chi connectivity index (χ2v) is 4.98. The normalized spacial score (nSPS) is 10.6. The van der Waals surface area contributed by atoms with Gasteiger partial charge in [0, 0.05) is 23.8 Å². The summed E-state index contributed by atoms with van der Waals surface area (Å²) < 4.78 is 16.1. The quantitative estimate of drug-likeness (QED) is 0.539. The summed E-state index contributed by atoms with van der Waals surface area (Å²) in [4.78, 5) is 22.6. The molecule has 0 saturated heterocycles. The molecule has 7 heteroatoms. The molecule has 0 aliphatic heterocycles. The van der Waals surface area contributed by atoms with Gasteiger partial charge in [-0.3, -0.25) is 14.9 Å². The fourth-order valence-corrected chi connectivity index (χ4v) is 2.39. The predicted molar refractivity (Wildman–Crippen MR) is 87.7 cm³/mol. The molecule has 0 aliphatic rings. The number of non-ortho nitro benzene ring substituents is 1. The van der Waals surface area contributed by atoms with Crippen LogP contribution >= 0.6 is 0 Å². The molecule has 0 fully saturated rings. The molecule has 0 N–H and O–H groups in total. The summed E-state index contributed by atoms with van der Waals surface area (Å²) in [5.41, 5.74) is 0.390. The highest BCUT2D eigenvalue weighted by Gasteiger charge is 2.13.